The molecule has 0 radical (unpaired) electrons. The number of nitrogens with one attached hydrogen (secondary N) is 1. The minimum absolute atomic E-state index is 0.0821. The van der Waals surface area contributed by atoms with E-state index in [2.05, 4.69) is 5.32 Å². The molecule has 1 saturated carbocycles. The van der Waals surface area contributed by atoms with Gasteiger partial charge in [0.15, 0.2) is 0 Å². The second-order valence-corrected chi connectivity index (χ2v) is 5.78. The first-order valence-corrected chi connectivity index (χ1v) is 7.59. The number of rotatable bonds is 6. The fourth-order valence-corrected chi connectivity index (χ4v) is 2.69. The molecule has 1 saturated heterocycles. The van der Waals surface area contributed by atoms with E-state index in [4.69, 9.17) is 4.74 Å². The van der Waals surface area contributed by atoms with Gasteiger partial charge < -0.3 is 15.0 Å². The van der Waals surface area contributed by atoms with Crippen molar-refractivity contribution >= 4 is 11.8 Å². The highest BCUT2D eigenvalue weighted by Crippen LogP contribution is 2.32. The van der Waals surface area contributed by atoms with Gasteiger partial charge in [-0.25, -0.2) is 4.39 Å². The van der Waals surface area contributed by atoms with Crippen molar-refractivity contribution in [3.05, 3.63) is 30.1 Å². The van der Waals surface area contributed by atoms with Crippen LogP contribution < -0.4 is 10.1 Å². The molecular formula is C16H19FN2O3. The van der Waals surface area contributed by atoms with Gasteiger partial charge in [-0.15, -0.1) is 0 Å². The predicted octanol–water partition coefficient (Wildman–Crippen LogP) is 1.33. The molecule has 1 aliphatic carbocycles. The molecular weight excluding hydrogens is 287 g/mol. The topological polar surface area (TPSA) is 58.6 Å². The van der Waals surface area contributed by atoms with Crippen LogP contribution in [0.25, 0.3) is 0 Å². The molecule has 6 heteroatoms. The Balaban J connectivity index is 1.38. The molecule has 0 aromatic heterocycles. The molecule has 5 nitrogen and oxygen atoms in total. The summed E-state index contributed by atoms with van der Waals surface area (Å²) < 4.78 is 18.3. The first-order valence-electron chi connectivity index (χ1n) is 7.59. The summed E-state index contributed by atoms with van der Waals surface area (Å²) in [6.07, 6.45) is 2.41. The number of benzene rings is 1. The fourth-order valence-electron chi connectivity index (χ4n) is 2.69. The maximum Gasteiger partial charge on any atom is 0.225 e. The molecule has 1 N–H and O–H groups in total. The molecule has 1 heterocycles. The number of carbonyl (C=O) groups excluding carboxylic acids is 2. The third-order valence-corrected chi connectivity index (χ3v) is 3.98. The van der Waals surface area contributed by atoms with Gasteiger partial charge in [0, 0.05) is 25.1 Å². The second kappa shape index (κ2) is 6.34. The van der Waals surface area contributed by atoms with E-state index in [0.29, 0.717) is 31.3 Å². The smallest absolute Gasteiger partial charge is 0.225 e. The van der Waals surface area contributed by atoms with Crippen LogP contribution >= 0.6 is 0 Å². The molecule has 2 fully saturated rings. The number of carbonyl (C=O) groups is 2. The maximum absolute atomic E-state index is 13.0. The third-order valence-electron chi connectivity index (χ3n) is 3.98. The zero-order chi connectivity index (χ0) is 15.5. The molecule has 22 heavy (non-hydrogen) atoms. The second-order valence-electron chi connectivity index (χ2n) is 5.78. The van der Waals surface area contributed by atoms with Crippen LogP contribution in [-0.2, 0) is 9.59 Å². The van der Waals surface area contributed by atoms with E-state index in [1.165, 1.54) is 12.1 Å². The van der Waals surface area contributed by atoms with Crippen LogP contribution in [0.3, 0.4) is 0 Å². The first-order chi connectivity index (χ1) is 10.6. The summed E-state index contributed by atoms with van der Waals surface area (Å²) in [6, 6.07) is 6.23. The Kier molecular flexibility index (Phi) is 4.27. The van der Waals surface area contributed by atoms with Gasteiger partial charge in [0.25, 0.3) is 0 Å². The van der Waals surface area contributed by atoms with Gasteiger partial charge in [0.05, 0.1) is 12.5 Å². The van der Waals surface area contributed by atoms with E-state index >= 15 is 0 Å². The average Bonchev–Trinajstić information content (AvgIpc) is 3.26. The van der Waals surface area contributed by atoms with Crippen LogP contribution in [0.4, 0.5) is 4.39 Å². The molecule has 2 aliphatic rings. The molecule has 1 unspecified atom stereocenters. The van der Waals surface area contributed by atoms with Crippen molar-refractivity contribution in [2.75, 3.05) is 19.7 Å². The van der Waals surface area contributed by atoms with Crippen LogP contribution in [0.15, 0.2) is 24.3 Å². The number of hydrogen-bond acceptors (Lipinski definition) is 3. The standard InChI is InChI=1S/C16H19FN2O3/c17-12-2-1-3-14(9-12)22-7-6-18-16(21)11-8-15(20)19(10-11)13-4-5-13/h1-3,9,11,13H,4-8,10H2,(H,18,21). The Hall–Kier alpha value is -2.11. The number of halogens is 1. The Bertz CT molecular complexity index is 574. The maximum atomic E-state index is 13.0. The molecule has 1 aromatic rings. The molecule has 0 bridgehead atoms. The summed E-state index contributed by atoms with van der Waals surface area (Å²) in [4.78, 5) is 25.7. The number of likely N-dealkylation sites (tertiary alicyclic amines) is 1. The van der Waals surface area contributed by atoms with Gasteiger partial charge in [0.1, 0.15) is 18.2 Å². The predicted molar refractivity (Wildman–Crippen MR) is 77.7 cm³/mol. The lowest BCUT2D eigenvalue weighted by Crippen LogP contribution is -2.35. The van der Waals surface area contributed by atoms with Gasteiger partial charge in [0.2, 0.25) is 11.8 Å². The zero-order valence-corrected chi connectivity index (χ0v) is 12.3. The number of hydrogen-bond donors (Lipinski definition) is 1. The van der Waals surface area contributed by atoms with Crippen molar-refractivity contribution in [1.29, 1.82) is 0 Å². The Morgan fingerprint density at radius 2 is 2.23 bits per heavy atom. The van der Waals surface area contributed by atoms with E-state index in [1.54, 1.807) is 12.1 Å². The molecule has 118 valence electrons. The first kappa shape index (κ1) is 14.8. The van der Waals surface area contributed by atoms with Crippen LogP contribution in [0, 0.1) is 11.7 Å². The van der Waals surface area contributed by atoms with Crippen molar-refractivity contribution in [1.82, 2.24) is 10.2 Å². The van der Waals surface area contributed by atoms with E-state index in [9.17, 15) is 14.0 Å². The van der Waals surface area contributed by atoms with Gasteiger partial charge >= 0.3 is 0 Å². The number of amides is 2. The molecule has 1 atom stereocenters. The lowest BCUT2D eigenvalue weighted by atomic mass is 10.1. The monoisotopic (exact) mass is 306 g/mol. The summed E-state index contributed by atoms with van der Waals surface area (Å²) in [6.45, 7) is 1.13. The van der Waals surface area contributed by atoms with Crippen LogP contribution in [0.1, 0.15) is 19.3 Å². The van der Waals surface area contributed by atoms with Gasteiger partial charge in [-0.2, -0.15) is 0 Å². The van der Waals surface area contributed by atoms with Crippen molar-refractivity contribution < 1.29 is 18.7 Å². The lowest BCUT2D eigenvalue weighted by Gasteiger charge is -2.15. The summed E-state index contributed by atoms with van der Waals surface area (Å²) in [5, 5.41) is 2.77. The van der Waals surface area contributed by atoms with Crippen molar-refractivity contribution in [2.24, 2.45) is 5.92 Å². The summed E-state index contributed by atoms with van der Waals surface area (Å²) >= 11 is 0. The Morgan fingerprint density at radius 1 is 1.41 bits per heavy atom. The van der Waals surface area contributed by atoms with Crippen molar-refractivity contribution in [3.63, 3.8) is 0 Å². The fraction of sp³-hybridized carbons (Fsp3) is 0.500. The molecule has 0 spiro atoms. The number of nitrogens with zero attached hydrogens (tertiary/aromatic N) is 1. The van der Waals surface area contributed by atoms with Crippen LogP contribution in [-0.4, -0.2) is 42.5 Å². The quantitative estimate of drug-likeness (QED) is 0.807. The molecule has 1 aliphatic heterocycles. The van der Waals surface area contributed by atoms with E-state index in [0.717, 1.165) is 12.8 Å². The van der Waals surface area contributed by atoms with Gasteiger partial charge in [-0.1, -0.05) is 6.07 Å². The van der Waals surface area contributed by atoms with Gasteiger partial charge in [-0.3, -0.25) is 9.59 Å². The highest BCUT2D eigenvalue weighted by atomic mass is 19.1. The minimum atomic E-state index is -0.355. The molecule has 1 aromatic carbocycles. The number of ether oxygens (including phenoxy) is 1. The van der Waals surface area contributed by atoms with Crippen LogP contribution in [0.2, 0.25) is 0 Å². The normalized spacial score (nSPS) is 21.0. The highest BCUT2D eigenvalue weighted by Gasteiger charge is 2.41. The van der Waals surface area contributed by atoms with Crippen molar-refractivity contribution in [3.8, 4) is 5.75 Å². The van der Waals surface area contributed by atoms with Gasteiger partial charge in [-0.05, 0) is 25.0 Å². The van der Waals surface area contributed by atoms with E-state index in [1.807, 2.05) is 4.90 Å². The van der Waals surface area contributed by atoms with E-state index in [-0.39, 0.29) is 30.2 Å². The SMILES string of the molecule is O=C(NCCOc1cccc(F)c1)C1CC(=O)N(C2CC2)C1. The summed E-state index contributed by atoms with van der Waals surface area (Å²) in [5.41, 5.74) is 0. The minimum Gasteiger partial charge on any atom is -0.492 e. The van der Waals surface area contributed by atoms with Crippen LogP contribution in [0.5, 0.6) is 5.75 Å². The third kappa shape index (κ3) is 3.55. The summed E-state index contributed by atoms with van der Waals surface area (Å²) in [5.74, 6) is -0.211. The lowest BCUT2D eigenvalue weighted by molar-refractivity contribution is -0.129. The Labute approximate surface area is 128 Å². The largest absolute Gasteiger partial charge is 0.492 e. The molecule has 3 rings (SSSR count). The van der Waals surface area contributed by atoms with Crippen molar-refractivity contribution in [2.45, 2.75) is 25.3 Å². The Morgan fingerprint density at radius 3 is 2.95 bits per heavy atom. The average molecular weight is 306 g/mol. The molecule has 2 amide bonds. The highest BCUT2D eigenvalue weighted by molar-refractivity contribution is 5.89. The summed E-state index contributed by atoms with van der Waals surface area (Å²) in [7, 11) is 0. The zero-order valence-electron chi connectivity index (χ0n) is 12.3. The van der Waals surface area contributed by atoms with E-state index < -0.39 is 0 Å².